The molecule has 0 saturated heterocycles. The minimum atomic E-state index is -0.920. The monoisotopic (exact) mass is 300 g/mol. The van der Waals surface area contributed by atoms with Crippen LogP contribution in [0.1, 0.15) is 0 Å². The van der Waals surface area contributed by atoms with Crippen molar-refractivity contribution in [3.8, 4) is 0 Å². The maximum absolute atomic E-state index is 11.2. The predicted molar refractivity (Wildman–Crippen MR) is 75.0 cm³/mol. The minimum Gasteiger partial charge on any atom is -0.377 e. The topological polar surface area (TPSA) is 166 Å². The number of hydrogen-bond donors (Lipinski definition) is 3. The lowest BCUT2D eigenvalue weighted by Crippen LogP contribution is -2.11. The molecule has 0 spiro atoms. The molecule has 3 N–H and O–H groups in total. The molecular weight excluding hydrogens is 288 g/mol. The molecule has 1 aromatic carbocycles. The van der Waals surface area contributed by atoms with E-state index >= 15 is 0 Å². The molecular formula is C9H12N6O6. The molecule has 12 heteroatoms. The van der Waals surface area contributed by atoms with Gasteiger partial charge in [0.1, 0.15) is 0 Å². The zero-order chi connectivity index (χ0) is 16.3. The third kappa shape index (κ3) is 2.45. The number of nitrogens with one attached hydrogen (secondary N) is 3. The Morgan fingerprint density at radius 2 is 0.810 bits per heavy atom. The van der Waals surface area contributed by atoms with E-state index in [1.807, 2.05) is 0 Å². The fourth-order valence-electron chi connectivity index (χ4n) is 1.97. The highest BCUT2D eigenvalue weighted by Gasteiger charge is 2.41. The fourth-order valence-corrected chi connectivity index (χ4v) is 1.97. The van der Waals surface area contributed by atoms with E-state index in [-0.39, 0.29) is 0 Å². The lowest BCUT2D eigenvalue weighted by molar-refractivity contribution is -0.399. The van der Waals surface area contributed by atoms with Crippen LogP contribution in [0.2, 0.25) is 0 Å². The molecule has 0 unspecified atom stereocenters. The number of nitro benzene ring substituents is 3. The summed E-state index contributed by atoms with van der Waals surface area (Å²) in [5, 5.41) is 40.6. The van der Waals surface area contributed by atoms with Crippen molar-refractivity contribution in [1.29, 1.82) is 0 Å². The first-order chi connectivity index (χ1) is 9.81. The highest BCUT2D eigenvalue weighted by molar-refractivity contribution is 5.99. The second-order valence-electron chi connectivity index (χ2n) is 3.69. The van der Waals surface area contributed by atoms with Crippen molar-refractivity contribution in [2.45, 2.75) is 0 Å². The van der Waals surface area contributed by atoms with E-state index in [9.17, 15) is 30.3 Å². The molecule has 0 bridgehead atoms. The maximum atomic E-state index is 11.2. The lowest BCUT2D eigenvalue weighted by atomic mass is 10.1. The molecule has 0 atom stereocenters. The van der Waals surface area contributed by atoms with Gasteiger partial charge in [0, 0.05) is 21.1 Å². The summed E-state index contributed by atoms with van der Waals surface area (Å²) in [6.07, 6.45) is 0. The van der Waals surface area contributed by atoms with Gasteiger partial charge in [0.2, 0.25) is 0 Å². The Hall–Kier alpha value is -3.18. The Morgan fingerprint density at radius 1 is 0.619 bits per heavy atom. The summed E-state index contributed by atoms with van der Waals surface area (Å²) in [5.41, 5.74) is -3.58. The molecule has 1 rings (SSSR count). The molecule has 0 aliphatic carbocycles. The van der Waals surface area contributed by atoms with E-state index in [1.54, 1.807) is 0 Å². The van der Waals surface area contributed by atoms with Crippen LogP contribution in [0.4, 0.5) is 34.1 Å². The van der Waals surface area contributed by atoms with Crippen LogP contribution in [0.5, 0.6) is 0 Å². The van der Waals surface area contributed by atoms with Gasteiger partial charge in [0.15, 0.2) is 17.1 Å². The number of nitro groups is 3. The van der Waals surface area contributed by atoms with Gasteiger partial charge < -0.3 is 16.0 Å². The fraction of sp³-hybridized carbons (Fsp3) is 0.333. The van der Waals surface area contributed by atoms with Gasteiger partial charge in [-0.05, 0) is 0 Å². The van der Waals surface area contributed by atoms with Gasteiger partial charge in [-0.2, -0.15) is 0 Å². The summed E-state index contributed by atoms with van der Waals surface area (Å²) in [4.78, 5) is 30.8. The summed E-state index contributed by atoms with van der Waals surface area (Å²) in [5.74, 6) is 0. The molecule has 0 aromatic heterocycles. The van der Waals surface area contributed by atoms with Crippen LogP contribution in [0.25, 0.3) is 0 Å². The molecule has 114 valence electrons. The van der Waals surface area contributed by atoms with Gasteiger partial charge in [0.25, 0.3) is 0 Å². The molecule has 0 amide bonds. The second kappa shape index (κ2) is 5.85. The molecule has 21 heavy (non-hydrogen) atoms. The van der Waals surface area contributed by atoms with E-state index in [2.05, 4.69) is 16.0 Å². The third-order valence-electron chi connectivity index (χ3n) is 2.72. The maximum Gasteiger partial charge on any atom is 0.329 e. The summed E-state index contributed by atoms with van der Waals surface area (Å²) in [7, 11) is 3.75. The summed E-state index contributed by atoms with van der Waals surface area (Å²) in [6.45, 7) is 0. The van der Waals surface area contributed by atoms with Crippen LogP contribution in [0.15, 0.2) is 0 Å². The van der Waals surface area contributed by atoms with Gasteiger partial charge in [-0.15, -0.1) is 0 Å². The van der Waals surface area contributed by atoms with Crippen molar-refractivity contribution in [2.75, 3.05) is 37.1 Å². The SMILES string of the molecule is CNc1c([N+](=O)[O-])c(NC)c([N+](=O)[O-])c(NC)c1[N+](=O)[O-]. The van der Waals surface area contributed by atoms with Crippen molar-refractivity contribution in [2.24, 2.45) is 0 Å². The molecule has 0 aliphatic heterocycles. The molecule has 0 heterocycles. The highest BCUT2D eigenvalue weighted by atomic mass is 16.6. The van der Waals surface area contributed by atoms with Crippen molar-refractivity contribution in [3.05, 3.63) is 30.3 Å². The van der Waals surface area contributed by atoms with E-state index in [4.69, 9.17) is 0 Å². The zero-order valence-corrected chi connectivity index (χ0v) is 11.3. The van der Waals surface area contributed by atoms with Gasteiger partial charge in [0.05, 0.1) is 14.8 Å². The molecule has 0 saturated carbocycles. The van der Waals surface area contributed by atoms with Crippen LogP contribution >= 0.6 is 0 Å². The van der Waals surface area contributed by atoms with Gasteiger partial charge in [-0.3, -0.25) is 30.3 Å². The minimum absolute atomic E-state index is 0.427. The first-order valence-electron chi connectivity index (χ1n) is 5.52. The molecule has 1 aromatic rings. The zero-order valence-electron chi connectivity index (χ0n) is 11.3. The number of benzene rings is 1. The summed E-state index contributed by atoms with van der Waals surface area (Å²) >= 11 is 0. The third-order valence-corrected chi connectivity index (χ3v) is 2.72. The highest BCUT2D eigenvalue weighted by Crippen LogP contribution is 2.52. The van der Waals surface area contributed by atoms with Crippen molar-refractivity contribution < 1.29 is 14.8 Å². The van der Waals surface area contributed by atoms with Crippen molar-refractivity contribution in [3.63, 3.8) is 0 Å². The average molecular weight is 300 g/mol. The first-order valence-corrected chi connectivity index (χ1v) is 5.52. The van der Waals surface area contributed by atoms with E-state index in [0.717, 1.165) is 0 Å². The van der Waals surface area contributed by atoms with Gasteiger partial charge in [-0.25, -0.2) is 0 Å². The Kier molecular flexibility index (Phi) is 4.42. The number of rotatable bonds is 6. The smallest absolute Gasteiger partial charge is 0.329 e. The predicted octanol–water partition coefficient (Wildman–Crippen LogP) is 1.54. The molecule has 0 fully saturated rings. The van der Waals surface area contributed by atoms with Crippen LogP contribution in [0.3, 0.4) is 0 Å². The van der Waals surface area contributed by atoms with Crippen molar-refractivity contribution in [1.82, 2.24) is 0 Å². The molecule has 12 nitrogen and oxygen atoms in total. The molecule has 0 radical (unpaired) electrons. The summed E-state index contributed by atoms with van der Waals surface area (Å²) < 4.78 is 0. The van der Waals surface area contributed by atoms with Crippen molar-refractivity contribution >= 4 is 34.1 Å². The Morgan fingerprint density at radius 3 is 0.905 bits per heavy atom. The Labute approximate surface area is 117 Å². The number of anilines is 3. The average Bonchev–Trinajstić information content (AvgIpc) is 2.42. The lowest BCUT2D eigenvalue weighted by Gasteiger charge is -2.12. The van der Waals surface area contributed by atoms with Crippen LogP contribution in [-0.2, 0) is 0 Å². The summed E-state index contributed by atoms with van der Waals surface area (Å²) in [6, 6.07) is 0. The first kappa shape index (κ1) is 15.9. The van der Waals surface area contributed by atoms with Crippen LogP contribution in [-0.4, -0.2) is 35.9 Å². The second-order valence-corrected chi connectivity index (χ2v) is 3.69. The quantitative estimate of drug-likeness (QED) is 0.521. The Bertz CT molecular complexity index is 523. The van der Waals surface area contributed by atoms with Crippen LogP contribution < -0.4 is 16.0 Å². The molecule has 0 aliphatic rings. The standard InChI is InChI=1S/C9H12N6O6/c1-10-4-7(13(16)17)5(11-2)9(15(20)21)6(12-3)8(4)14(18)19/h10-12H,1-3H3. The number of nitrogens with zero attached hydrogens (tertiary/aromatic N) is 3. The van der Waals surface area contributed by atoms with E-state index in [1.165, 1.54) is 21.1 Å². The Balaban J connectivity index is 4.11. The van der Waals surface area contributed by atoms with Gasteiger partial charge >= 0.3 is 17.1 Å². The van der Waals surface area contributed by atoms with Gasteiger partial charge in [-0.1, -0.05) is 0 Å². The van der Waals surface area contributed by atoms with E-state index in [0.29, 0.717) is 0 Å². The van der Waals surface area contributed by atoms with E-state index < -0.39 is 48.9 Å². The largest absolute Gasteiger partial charge is 0.377 e. The normalized spacial score (nSPS) is 9.86. The van der Waals surface area contributed by atoms with Crippen LogP contribution in [0, 0.1) is 30.3 Å². The number of hydrogen-bond acceptors (Lipinski definition) is 9.